The van der Waals surface area contributed by atoms with E-state index < -0.39 is 30.1 Å². The fourth-order valence-corrected chi connectivity index (χ4v) is 2.21. The predicted molar refractivity (Wildman–Crippen MR) is 66.0 cm³/mol. The SMILES string of the molecule is O=C(C1CC1)N1N=C(c2ccncc2)C[C@@]1(O)C(F)(F)F. The second kappa shape index (κ2) is 4.52. The molecule has 1 N–H and O–H groups in total. The summed E-state index contributed by atoms with van der Waals surface area (Å²) in [6, 6.07) is 2.97. The summed E-state index contributed by atoms with van der Waals surface area (Å²) in [4.78, 5) is 15.8. The van der Waals surface area contributed by atoms with E-state index in [4.69, 9.17) is 0 Å². The highest BCUT2D eigenvalue weighted by Gasteiger charge is 2.64. The topological polar surface area (TPSA) is 65.8 Å². The van der Waals surface area contributed by atoms with Gasteiger partial charge in [0.1, 0.15) is 0 Å². The molecule has 0 saturated heterocycles. The normalized spacial score (nSPS) is 25.9. The summed E-state index contributed by atoms with van der Waals surface area (Å²) in [7, 11) is 0. The summed E-state index contributed by atoms with van der Waals surface area (Å²) in [6.45, 7) is 0. The quantitative estimate of drug-likeness (QED) is 0.903. The molecule has 1 aromatic heterocycles. The predicted octanol–water partition coefficient (Wildman–Crippen LogP) is 1.68. The molecule has 112 valence electrons. The van der Waals surface area contributed by atoms with Gasteiger partial charge in [0.15, 0.2) is 0 Å². The minimum Gasteiger partial charge on any atom is -0.362 e. The van der Waals surface area contributed by atoms with Crippen LogP contribution in [0.3, 0.4) is 0 Å². The minimum atomic E-state index is -4.98. The van der Waals surface area contributed by atoms with Crippen LogP contribution in [0, 0.1) is 5.92 Å². The van der Waals surface area contributed by atoms with E-state index in [9.17, 15) is 23.1 Å². The number of aliphatic hydroxyl groups is 1. The Labute approximate surface area is 118 Å². The zero-order valence-corrected chi connectivity index (χ0v) is 10.8. The van der Waals surface area contributed by atoms with Gasteiger partial charge in [-0.05, 0) is 25.0 Å². The summed E-state index contributed by atoms with van der Waals surface area (Å²) in [5.41, 5.74) is -2.85. The molecule has 0 aromatic carbocycles. The second-order valence-corrected chi connectivity index (χ2v) is 5.20. The molecule has 0 unspecified atom stereocenters. The number of hydrogen-bond donors (Lipinski definition) is 1. The first-order valence-electron chi connectivity index (χ1n) is 6.44. The van der Waals surface area contributed by atoms with E-state index in [-0.39, 0.29) is 10.7 Å². The molecule has 5 nitrogen and oxygen atoms in total. The third-order valence-corrected chi connectivity index (χ3v) is 3.59. The number of hydrogen-bond acceptors (Lipinski definition) is 4. The molecule has 8 heteroatoms. The maximum absolute atomic E-state index is 13.2. The van der Waals surface area contributed by atoms with Gasteiger partial charge < -0.3 is 5.11 Å². The Bertz CT molecular complexity index is 598. The van der Waals surface area contributed by atoms with Gasteiger partial charge in [0.05, 0.1) is 12.1 Å². The van der Waals surface area contributed by atoms with Crippen molar-refractivity contribution < 1.29 is 23.1 Å². The van der Waals surface area contributed by atoms with Crippen LogP contribution in [-0.4, -0.2) is 38.6 Å². The van der Waals surface area contributed by atoms with E-state index in [0.29, 0.717) is 18.4 Å². The molecule has 0 spiro atoms. The molecule has 0 radical (unpaired) electrons. The average molecular weight is 299 g/mol. The van der Waals surface area contributed by atoms with E-state index in [1.54, 1.807) is 0 Å². The van der Waals surface area contributed by atoms with Gasteiger partial charge in [-0.3, -0.25) is 9.78 Å². The molecule has 21 heavy (non-hydrogen) atoms. The van der Waals surface area contributed by atoms with Gasteiger partial charge in [0.25, 0.3) is 5.72 Å². The van der Waals surface area contributed by atoms with Crippen molar-refractivity contribution >= 4 is 11.6 Å². The van der Waals surface area contributed by atoms with E-state index in [2.05, 4.69) is 10.1 Å². The highest BCUT2D eigenvalue weighted by atomic mass is 19.4. The lowest BCUT2D eigenvalue weighted by atomic mass is 10.0. The number of aromatic nitrogens is 1. The third-order valence-electron chi connectivity index (χ3n) is 3.59. The summed E-state index contributed by atoms with van der Waals surface area (Å²) < 4.78 is 39.6. The van der Waals surface area contributed by atoms with Crippen molar-refractivity contribution in [2.24, 2.45) is 11.0 Å². The monoisotopic (exact) mass is 299 g/mol. The molecule has 1 aliphatic heterocycles. The van der Waals surface area contributed by atoms with Crippen LogP contribution in [0.15, 0.2) is 29.6 Å². The van der Waals surface area contributed by atoms with Gasteiger partial charge in [-0.15, -0.1) is 0 Å². The van der Waals surface area contributed by atoms with Crippen LogP contribution in [0.25, 0.3) is 0 Å². The molecular formula is C13H12F3N3O2. The van der Waals surface area contributed by atoms with E-state index >= 15 is 0 Å². The highest BCUT2D eigenvalue weighted by molar-refractivity contribution is 6.03. The second-order valence-electron chi connectivity index (χ2n) is 5.20. The Morgan fingerprint density at radius 1 is 1.33 bits per heavy atom. The van der Waals surface area contributed by atoms with Crippen molar-refractivity contribution in [3.8, 4) is 0 Å². The van der Waals surface area contributed by atoms with Crippen molar-refractivity contribution in [1.82, 2.24) is 9.99 Å². The minimum absolute atomic E-state index is 0.0197. The molecule has 2 aliphatic rings. The number of nitrogens with zero attached hydrogens (tertiary/aromatic N) is 3. The van der Waals surface area contributed by atoms with Crippen molar-refractivity contribution in [3.05, 3.63) is 30.1 Å². The van der Waals surface area contributed by atoms with Crippen LogP contribution in [-0.2, 0) is 4.79 Å². The van der Waals surface area contributed by atoms with Crippen molar-refractivity contribution in [1.29, 1.82) is 0 Å². The van der Waals surface area contributed by atoms with Gasteiger partial charge in [0.2, 0.25) is 5.91 Å². The largest absolute Gasteiger partial charge is 0.438 e. The lowest BCUT2D eigenvalue weighted by Crippen LogP contribution is -2.57. The standard InChI is InChI=1S/C13H12F3N3O2/c14-13(15,16)12(21)7-10(8-3-5-17-6-4-8)18-19(12)11(20)9-1-2-9/h3-6,9,21H,1-2,7H2/t12-/m1/s1. The van der Waals surface area contributed by atoms with Crippen molar-refractivity contribution in [2.75, 3.05) is 0 Å². The van der Waals surface area contributed by atoms with Gasteiger partial charge in [0, 0.05) is 23.9 Å². The number of rotatable bonds is 2. The van der Waals surface area contributed by atoms with Crippen LogP contribution in [0.1, 0.15) is 24.8 Å². The number of carbonyl (C=O) groups is 1. The molecule has 1 aliphatic carbocycles. The zero-order valence-electron chi connectivity index (χ0n) is 10.8. The number of alkyl halides is 3. The smallest absolute Gasteiger partial charge is 0.362 e. The summed E-state index contributed by atoms with van der Waals surface area (Å²) >= 11 is 0. The van der Waals surface area contributed by atoms with E-state index in [0.717, 1.165) is 0 Å². The highest BCUT2D eigenvalue weighted by Crippen LogP contribution is 2.44. The Morgan fingerprint density at radius 3 is 2.48 bits per heavy atom. The Hall–Kier alpha value is -1.96. The first-order valence-corrected chi connectivity index (χ1v) is 6.44. The van der Waals surface area contributed by atoms with Gasteiger partial charge in [-0.1, -0.05) is 0 Å². The number of carbonyl (C=O) groups excluding carboxylic acids is 1. The first kappa shape index (κ1) is 14.0. The zero-order chi connectivity index (χ0) is 15.3. The van der Waals surface area contributed by atoms with Crippen LogP contribution in [0.4, 0.5) is 13.2 Å². The Balaban J connectivity index is 1.98. The lowest BCUT2D eigenvalue weighted by Gasteiger charge is -2.32. The van der Waals surface area contributed by atoms with E-state index in [1.807, 2.05) is 0 Å². The average Bonchev–Trinajstić information content (AvgIpc) is 3.21. The maximum atomic E-state index is 13.2. The molecule has 1 atom stereocenters. The molecule has 1 aromatic rings. The molecule has 1 saturated carbocycles. The molecule has 2 heterocycles. The summed E-state index contributed by atoms with van der Waals surface area (Å²) in [5.74, 6) is -1.25. The molecule has 0 bridgehead atoms. The van der Waals surface area contributed by atoms with Crippen LogP contribution in [0.5, 0.6) is 0 Å². The van der Waals surface area contributed by atoms with Crippen molar-refractivity contribution in [3.63, 3.8) is 0 Å². The molecule has 1 fully saturated rings. The number of halogens is 3. The number of pyridine rings is 1. The Kier molecular flexibility index (Phi) is 3.01. The summed E-state index contributed by atoms with van der Waals surface area (Å²) in [6.07, 6.45) is -1.87. The van der Waals surface area contributed by atoms with Gasteiger partial charge in [-0.2, -0.15) is 23.3 Å². The molecular weight excluding hydrogens is 287 g/mol. The van der Waals surface area contributed by atoms with E-state index in [1.165, 1.54) is 24.5 Å². The maximum Gasteiger partial charge on any atom is 0.438 e. The molecule has 3 rings (SSSR count). The third kappa shape index (κ3) is 2.29. The number of amides is 1. The number of hydrazone groups is 1. The lowest BCUT2D eigenvalue weighted by molar-refractivity contribution is -0.302. The van der Waals surface area contributed by atoms with Crippen LogP contribution in [0.2, 0.25) is 0 Å². The fraction of sp³-hybridized carbons (Fsp3) is 0.462. The molecule has 1 amide bonds. The van der Waals surface area contributed by atoms with Gasteiger partial charge in [-0.25, -0.2) is 0 Å². The van der Waals surface area contributed by atoms with Crippen molar-refractivity contribution in [2.45, 2.75) is 31.2 Å². The van der Waals surface area contributed by atoms with Crippen LogP contribution < -0.4 is 0 Å². The Morgan fingerprint density at radius 2 is 1.95 bits per heavy atom. The fourth-order valence-electron chi connectivity index (χ4n) is 2.21. The van der Waals surface area contributed by atoms with Crippen LogP contribution >= 0.6 is 0 Å². The summed E-state index contributed by atoms with van der Waals surface area (Å²) in [5, 5.41) is 14.0. The first-order chi connectivity index (χ1) is 9.83. The van der Waals surface area contributed by atoms with Gasteiger partial charge >= 0.3 is 6.18 Å².